The minimum absolute atomic E-state index is 0. The molecule has 1 heterocycles. The van der Waals surface area contributed by atoms with Crippen molar-refractivity contribution in [1.82, 2.24) is 4.90 Å². The van der Waals surface area contributed by atoms with Gasteiger partial charge in [0.15, 0.2) is 0 Å². The lowest BCUT2D eigenvalue weighted by Crippen LogP contribution is -2.42. The molecule has 0 radical (unpaired) electrons. The summed E-state index contributed by atoms with van der Waals surface area (Å²) in [4.78, 5) is 14.2. The van der Waals surface area contributed by atoms with Crippen LogP contribution in [0.2, 0.25) is 5.02 Å². The molecule has 0 spiro atoms. The number of nitrogens with one attached hydrogen (secondary N) is 1. The molecule has 1 aliphatic rings. The lowest BCUT2D eigenvalue weighted by atomic mass is 9.91. The van der Waals surface area contributed by atoms with Gasteiger partial charge in [0.05, 0.1) is 12.8 Å². The summed E-state index contributed by atoms with van der Waals surface area (Å²) < 4.78 is 5.28. The second-order valence-corrected chi connectivity index (χ2v) is 6.54. The highest BCUT2D eigenvalue weighted by Crippen LogP contribution is 2.27. The van der Waals surface area contributed by atoms with Gasteiger partial charge in [0.25, 0.3) is 0 Å². The fourth-order valence-electron chi connectivity index (χ4n) is 2.96. The van der Waals surface area contributed by atoms with Gasteiger partial charge in [0.2, 0.25) is 5.91 Å². The first-order valence-corrected chi connectivity index (χ1v) is 8.50. The fraction of sp³-hybridized carbons (Fsp3) is 0.588. The summed E-state index contributed by atoms with van der Waals surface area (Å²) in [7, 11) is 1.61. The van der Waals surface area contributed by atoms with Crippen molar-refractivity contribution in [2.45, 2.75) is 32.2 Å². The van der Waals surface area contributed by atoms with Gasteiger partial charge in [-0.15, -0.1) is 24.8 Å². The van der Waals surface area contributed by atoms with Gasteiger partial charge in [-0.1, -0.05) is 11.6 Å². The van der Waals surface area contributed by atoms with Gasteiger partial charge in [0.1, 0.15) is 5.75 Å². The zero-order chi connectivity index (χ0) is 16.8. The van der Waals surface area contributed by atoms with Crippen molar-refractivity contribution in [1.29, 1.82) is 0 Å². The largest absolute Gasteiger partial charge is 0.495 e. The second kappa shape index (κ2) is 11.7. The Labute approximate surface area is 167 Å². The number of hydrogen-bond acceptors (Lipinski definition) is 4. The summed E-state index contributed by atoms with van der Waals surface area (Å²) >= 11 is 6.00. The molecular formula is C17H28Cl3N3O2. The van der Waals surface area contributed by atoms with Crippen LogP contribution in [0.1, 0.15) is 26.2 Å². The van der Waals surface area contributed by atoms with Gasteiger partial charge < -0.3 is 20.7 Å². The number of carbonyl (C=O) groups is 1. The number of methoxy groups -OCH3 is 1. The molecule has 1 unspecified atom stereocenters. The molecule has 3 N–H and O–H groups in total. The molecule has 1 aliphatic heterocycles. The van der Waals surface area contributed by atoms with E-state index >= 15 is 0 Å². The number of benzene rings is 1. The third-order valence-corrected chi connectivity index (χ3v) is 4.69. The minimum atomic E-state index is 0. The number of halogens is 3. The lowest BCUT2D eigenvalue weighted by molar-refractivity contribution is -0.132. The predicted molar refractivity (Wildman–Crippen MR) is 109 cm³/mol. The summed E-state index contributed by atoms with van der Waals surface area (Å²) in [6, 6.07) is 5.60. The first-order valence-electron chi connectivity index (χ1n) is 8.12. The van der Waals surface area contributed by atoms with Crippen LogP contribution in [0.25, 0.3) is 0 Å². The monoisotopic (exact) mass is 411 g/mol. The first-order chi connectivity index (χ1) is 11.0. The number of rotatable bonds is 6. The molecule has 0 aliphatic carbocycles. The Balaban J connectivity index is 0.00000288. The van der Waals surface area contributed by atoms with Gasteiger partial charge in [-0.25, -0.2) is 0 Å². The Bertz CT molecular complexity index is 536. The molecule has 1 atom stereocenters. The van der Waals surface area contributed by atoms with E-state index in [1.165, 1.54) is 0 Å². The van der Waals surface area contributed by atoms with Crippen molar-refractivity contribution < 1.29 is 9.53 Å². The van der Waals surface area contributed by atoms with Crippen molar-refractivity contribution in [2.75, 3.05) is 32.1 Å². The Kier molecular flexibility index (Phi) is 11.3. The number of nitrogens with two attached hydrogens (primary N) is 1. The summed E-state index contributed by atoms with van der Waals surface area (Å²) in [5.41, 5.74) is 6.75. The molecule has 0 aromatic heterocycles. The maximum absolute atomic E-state index is 12.3. The van der Waals surface area contributed by atoms with Crippen LogP contribution in [0.15, 0.2) is 18.2 Å². The Hall–Kier alpha value is -0.880. The highest BCUT2D eigenvalue weighted by Gasteiger charge is 2.24. The van der Waals surface area contributed by atoms with Gasteiger partial charge in [-0.05, 0) is 43.9 Å². The number of hydrogen-bond donors (Lipinski definition) is 2. The fourth-order valence-corrected chi connectivity index (χ4v) is 3.13. The minimum Gasteiger partial charge on any atom is -0.495 e. The van der Waals surface area contributed by atoms with Gasteiger partial charge in [-0.3, -0.25) is 4.79 Å². The smallest absolute Gasteiger partial charge is 0.224 e. The van der Waals surface area contributed by atoms with Crippen molar-refractivity contribution in [3.63, 3.8) is 0 Å². The highest BCUT2D eigenvalue weighted by atomic mass is 35.5. The quantitative estimate of drug-likeness (QED) is 0.749. The zero-order valence-corrected chi connectivity index (χ0v) is 17.1. The number of anilines is 1. The van der Waals surface area contributed by atoms with Gasteiger partial charge in [-0.2, -0.15) is 0 Å². The molecule has 5 nitrogen and oxygen atoms in total. The number of amides is 1. The predicted octanol–water partition coefficient (Wildman–Crippen LogP) is 3.58. The van der Waals surface area contributed by atoms with Crippen molar-refractivity contribution in [3.8, 4) is 5.75 Å². The Morgan fingerprint density at radius 2 is 2.04 bits per heavy atom. The van der Waals surface area contributed by atoms with Crippen LogP contribution in [0.3, 0.4) is 0 Å². The van der Waals surface area contributed by atoms with Crippen molar-refractivity contribution in [2.24, 2.45) is 11.7 Å². The summed E-state index contributed by atoms with van der Waals surface area (Å²) in [5.74, 6) is 1.44. The molecule has 25 heavy (non-hydrogen) atoms. The van der Waals surface area contributed by atoms with Crippen LogP contribution in [0, 0.1) is 5.92 Å². The van der Waals surface area contributed by atoms with Crippen molar-refractivity contribution in [3.05, 3.63) is 23.2 Å². The number of nitrogens with zero attached hydrogens (tertiary/aromatic N) is 1. The van der Waals surface area contributed by atoms with E-state index in [2.05, 4.69) is 5.32 Å². The SMILES string of the molecule is COc1ccc(Cl)cc1NCCC(=O)N1CCC(C(C)N)CC1.Cl.Cl. The molecule has 1 aromatic rings. The summed E-state index contributed by atoms with van der Waals surface area (Å²) in [5, 5.41) is 3.86. The standard InChI is InChI=1S/C17H26ClN3O2.2ClH/c1-12(19)13-6-9-21(10-7-13)17(22)5-8-20-15-11-14(18)3-4-16(15)23-2;;/h3-4,11-13,20H,5-10,19H2,1-2H3;2*1H. The van der Waals surface area contributed by atoms with Crippen LogP contribution >= 0.6 is 36.4 Å². The Morgan fingerprint density at radius 1 is 1.40 bits per heavy atom. The molecule has 0 bridgehead atoms. The number of likely N-dealkylation sites (tertiary alicyclic amines) is 1. The Morgan fingerprint density at radius 3 is 2.60 bits per heavy atom. The molecule has 1 saturated heterocycles. The maximum Gasteiger partial charge on any atom is 0.224 e. The second-order valence-electron chi connectivity index (χ2n) is 6.10. The van der Waals surface area contributed by atoms with Crippen LogP contribution in [0.4, 0.5) is 5.69 Å². The average molecular weight is 413 g/mol. The van der Waals surface area contributed by atoms with Crippen LogP contribution in [-0.4, -0.2) is 43.6 Å². The van der Waals surface area contributed by atoms with E-state index in [0.29, 0.717) is 23.9 Å². The molecule has 8 heteroatoms. The first kappa shape index (κ1) is 24.1. The molecular weight excluding hydrogens is 385 g/mol. The van der Waals surface area contributed by atoms with E-state index in [9.17, 15) is 4.79 Å². The van der Waals surface area contributed by atoms with Crippen LogP contribution in [0.5, 0.6) is 5.75 Å². The van der Waals surface area contributed by atoms with Crippen molar-refractivity contribution >= 4 is 48.0 Å². The zero-order valence-electron chi connectivity index (χ0n) is 14.7. The van der Waals surface area contributed by atoms with Crippen LogP contribution < -0.4 is 15.8 Å². The van der Waals surface area contributed by atoms with E-state index in [1.807, 2.05) is 17.9 Å². The van der Waals surface area contributed by atoms with E-state index < -0.39 is 0 Å². The van der Waals surface area contributed by atoms with Gasteiger partial charge in [0, 0.05) is 37.1 Å². The highest BCUT2D eigenvalue weighted by molar-refractivity contribution is 6.30. The summed E-state index contributed by atoms with van der Waals surface area (Å²) in [6.07, 6.45) is 2.45. The molecule has 2 rings (SSSR count). The average Bonchev–Trinajstić information content (AvgIpc) is 2.55. The normalized spacial score (nSPS) is 15.6. The lowest BCUT2D eigenvalue weighted by Gasteiger charge is -2.33. The van der Waals surface area contributed by atoms with Gasteiger partial charge >= 0.3 is 0 Å². The topological polar surface area (TPSA) is 67.6 Å². The molecule has 0 saturated carbocycles. The van der Waals surface area contributed by atoms with E-state index in [-0.39, 0.29) is 36.8 Å². The molecule has 1 amide bonds. The molecule has 1 aromatic carbocycles. The molecule has 144 valence electrons. The third kappa shape index (κ3) is 7.10. The molecule has 1 fully saturated rings. The third-order valence-electron chi connectivity index (χ3n) is 4.45. The van der Waals surface area contributed by atoms with E-state index in [1.54, 1.807) is 19.2 Å². The number of piperidine rings is 1. The number of carbonyl (C=O) groups excluding carboxylic acids is 1. The number of ether oxygens (including phenoxy) is 1. The van der Waals surface area contributed by atoms with Crippen LogP contribution in [-0.2, 0) is 4.79 Å². The van der Waals surface area contributed by atoms with E-state index in [0.717, 1.165) is 37.4 Å². The van der Waals surface area contributed by atoms with E-state index in [4.69, 9.17) is 22.1 Å². The summed E-state index contributed by atoms with van der Waals surface area (Å²) in [6.45, 7) is 4.23. The maximum atomic E-state index is 12.3.